The van der Waals surface area contributed by atoms with Crippen LogP contribution in [-0.2, 0) is 6.42 Å². The molecule has 0 unspecified atom stereocenters. The molecule has 0 bridgehead atoms. The first-order valence-corrected chi connectivity index (χ1v) is 10.1. The SMILES string of the molecule is CCOc1ccc(Cc2cc([C@H]3[C@H](O)[C@@H](O)[C@H](O)[C@@H](CO)C3(F)F)ccc2Cl)cc1. The molecular weight excluding hydrogens is 418 g/mol. The average Bonchev–Trinajstić information content (AvgIpc) is 2.70. The molecule has 2 aromatic carbocycles. The zero-order chi connectivity index (χ0) is 22.1. The zero-order valence-electron chi connectivity index (χ0n) is 16.4. The minimum Gasteiger partial charge on any atom is -0.494 e. The molecule has 1 fully saturated rings. The Hall–Kier alpha value is -1.77. The summed E-state index contributed by atoms with van der Waals surface area (Å²) in [7, 11) is 0. The van der Waals surface area contributed by atoms with Crippen LogP contribution < -0.4 is 4.74 Å². The van der Waals surface area contributed by atoms with E-state index >= 15 is 8.78 Å². The molecule has 1 saturated carbocycles. The van der Waals surface area contributed by atoms with E-state index in [-0.39, 0.29) is 5.56 Å². The van der Waals surface area contributed by atoms with Crippen molar-refractivity contribution in [3.63, 3.8) is 0 Å². The van der Waals surface area contributed by atoms with E-state index in [0.29, 0.717) is 29.4 Å². The molecule has 5 atom stereocenters. The highest BCUT2D eigenvalue weighted by Gasteiger charge is 2.60. The van der Waals surface area contributed by atoms with Gasteiger partial charge < -0.3 is 25.2 Å². The topological polar surface area (TPSA) is 90.2 Å². The van der Waals surface area contributed by atoms with Crippen molar-refractivity contribution in [2.75, 3.05) is 13.2 Å². The third kappa shape index (κ3) is 4.31. The molecule has 0 spiro atoms. The molecule has 1 aliphatic rings. The monoisotopic (exact) mass is 442 g/mol. The summed E-state index contributed by atoms with van der Waals surface area (Å²) in [6.07, 6.45) is -5.29. The minimum absolute atomic E-state index is 0.0715. The van der Waals surface area contributed by atoms with Gasteiger partial charge in [0.1, 0.15) is 11.9 Å². The Kier molecular flexibility index (Phi) is 6.99. The Morgan fingerprint density at radius 1 is 1.00 bits per heavy atom. The standard InChI is InChI=1S/C22H25ClF2O5/c1-2-30-15-6-3-12(4-7-15)9-14-10-13(5-8-17(14)23)18-20(28)21(29)19(27)16(11-26)22(18,24)25/h3-8,10,16,18-21,26-29H,2,9,11H2,1H3/t16-,18+,19-,20+,21+/m1/s1. The summed E-state index contributed by atoms with van der Waals surface area (Å²) in [6, 6.07) is 11.6. The van der Waals surface area contributed by atoms with Gasteiger partial charge in [0.15, 0.2) is 0 Å². The molecule has 0 amide bonds. The summed E-state index contributed by atoms with van der Waals surface area (Å²) in [5, 5.41) is 40.0. The van der Waals surface area contributed by atoms with Crippen LogP contribution in [0.5, 0.6) is 5.75 Å². The van der Waals surface area contributed by atoms with Gasteiger partial charge in [0.2, 0.25) is 0 Å². The molecule has 1 aliphatic carbocycles. The van der Waals surface area contributed by atoms with Gasteiger partial charge in [0, 0.05) is 5.02 Å². The van der Waals surface area contributed by atoms with Crippen LogP contribution in [0.4, 0.5) is 8.78 Å². The van der Waals surface area contributed by atoms with E-state index in [4.69, 9.17) is 16.3 Å². The van der Waals surface area contributed by atoms with Crippen LogP contribution in [0, 0.1) is 5.92 Å². The van der Waals surface area contributed by atoms with Crippen molar-refractivity contribution in [2.45, 2.75) is 43.5 Å². The molecule has 8 heteroatoms. The van der Waals surface area contributed by atoms with E-state index in [1.165, 1.54) is 18.2 Å². The van der Waals surface area contributed by atoms with Crippen LogP contribution in [0.25, 0.3) is 0 Å². The number of hydrogen-bond acceptors (Lipinski definition) is 5. The summed E-state index contributed by atoms with van der Waals surface area (Å²) < 4.78 is 35.5. The summed E-state index contributed by atoms with van der Waals surface area (Å²) in [5.74, 6) is -6.62. The van der Waals surface area contributed by atoms with Crippen LogP contribution in [0.2, 0.25) is 5.02 Å². The second-order valence-corrected chi connectivity index (χ2v) is 7.92. The fourth-order valence-electron chi connectivity index (χ4n) is 3.99. The van der Waals surface area contributed by atoms with Gasteiger partial charge in [0.05, 0.1) is 37.3 Å². The van der Waals surface area contributed by atoms with Gasteiger partial charge in [-0.1, -0.05) is 35.9 Å². The Morgan fingerprint density at radius 3 is 2.27 bits per heavy atom. The van der Waals surface area contributed by atoms with Crippen molar-refractivity contribution in [1.29, 1.82) is 0 Å². The van der Waals surface area contributed by atoms with Gasteiger partial charge in [-0.2, -0.15) is 0 Å². The molecule has 3 rings (SSSR count). The summed E-state index contributed by atoms with van der Waals surface area (Å²) >= 11 is 6.28. The van der Waals surface area contributed by atoms with Crippen molar-refractivity contribution >= 4 is 11.6 Å². The number of alkyl halides is 2. The maximum atomic E-state index is 15.0. The van der Waals surface area contributed by atoms with Gasteiger partial charge in [0.25, 0.3) is 5.92 Å². The quantitative estimate of drug-likeness (QED) is 0.552. The van der Waals surface area contributed by atoms with Crippen molar-refractivity contribution in [1.82, 2.24) is 0 Å². The molecule has 0 aromatic heterocycles. The van der Waals surface area contributed by atoms with E-state index in [1.807, 2.05) is 19.1 Å². The molecule has 0 saturated heterocycles. The maximum Gasteiger partial charge on any atom is 0.264 e. The van der Waals surface area contributed by atoms with E-state index < -0.39 is 42.7 Å². The molecule has 164 valence electrons. The van der Waals surface area contributed by atoms with E-state index in [0.717, 1.165) is 5.56 Å². The van der Waals surface area contributed by atoms with E-state index in [2.05, 4.69) is 0 Å². The Labute approximate surface area is 178 Å². The highest BCUT2D eigenvalue weighted by atomic mass is 35.5. The van der Waals surface area contributed by atoms with Crippen molar-refractivity contribution in [2.24, 2.45) is 5.92 Å². The highest BCUT2D eigenvalue weighted by molar-refractivity contribution is 6.31. The van der Waals surface area contributed by atoms with Crippen LogP contribution >= 0.6 is 11.6 Å². The number of ether oxygens (including phenoxy) is 1. The zero-order valence-corrected chi connectivity index (χ0v) is 17.1. The van der Waals surface area contributed by atoms with Gasteiger partial charge in [-0.25, -0.2) is 8.78 Å². The van der Waals surface area contributed by atoms with E-state index in [9.17, 15) is 20.4 Å². The predicted octanol–water partition coefficient (Wildman–Crippen LogP) is 2.75. The third-order valence-corrected chi connectivity index (χ3v) is 5.99. The van der Waals surface area contributed by atoms with Crippen LogP contribution in [0.1, 0.15) is 29.5 Å². The smallest absolute Gasteiger partial charge is 0.264 e. The summed E-state index contributed by atoms with van der Waals surface area (Å²) in [4.78, 5) is 0. The van der Waals surface area contributed by atoms with Crippen molar-refractivity contribution in [3.05, 3.63) is 64.2 Å². The highest BCUT2D eigenvalue weighted by Crippen LogP contribution is 2.48. The lowest BCUT2D eigenvalue weighted by molar-refractivity contribution is -0.232. The normalized spacial score (nSPS) is 28.3. The van der Waals surface area contributed by atoms with Gasteiger partial charge in [-0.3, -0.25) is 0 Å². The molecule has 30 heavy (non-hydrogen) atoms. The molecule has 4 N–H and O–H groups in total. The Balaban J connectivity index is 1.93. The fraction of sp³-hybridized carbons (Fsp3) is 0.455. The van der Waals surface area contributed by atoms with Gasteiger partial charge in [-0.15, -0.1) is 0 Å². The number of hydrogen-bond donors (Lipinski definition) is 4. The van der Waals surface area contributed by atoms with Crippen LogP contribution in [0.3, 0.4) is 0 Å². The van der Waals surface area contributed by atoms with Crippen LogP contribution in [-0.4, -0.2) is 57.9 Å². The lowest BCUT2D eigenvalue weighted by Gasteiger charge is -2.45. The second kappa shape index (κ2) is 9.16. The van der Waals surface area contributed by atoms with Gasteiger partial charge in [-0.05, 0) is 48.2 Å². The number of rotatable bonds is 6. The largest absolute Gasteiger partial charge is 0.494 e. The fourth-order valence-corrected chi connectivity index (χ4v) is 4.17. The summed E-state index contributed by atoms with van der Waals surface area (Å²) in [5.41, 5.74) is 1.53. The lowest BCUT2D eigenvalue weighted by atomic mass is 9.70. The average molecular weight is 443 g/mol. The molecule has 0 heterocycles. The number of halogens is 3. The molecule has 5 nitrogen and oxygen atoms in total. The third-order valence-electron chi connectivity index (χ3n) is 5.62. The first-order valence-electron chi connectivity index (χ1n) is 9.73. The Morgan fingerprint density at radius 2 is 1.67 bits per heavy atom. The number of aliphatic hydroxyl groups excluding tert-OH is 4. The number of benzene rings is 2. The maximum absolute atomic E-state index is 15.0. The van der Waals surface area contributed by atoms with Crippen molar-refractivity contribution in [3.8, 4) is 5.75 Å². The first-order chi connectivity index (χ1) is 14.2. The molecule has 0 aliphatic heterocycles. The summed E-state index contributed by atoms with van der Waals surface area (Å²) in [6.45, 7) is 1.40. The molecule has 0 radical (unpaired) electrons. The molecular formula is C22H25ClF2O5. The van der Waals surface area contributed by atoms with E-state index in [1.54, 1.807) is 12.1 Å². The van der Waals surface area contributed by atoms with Gasteiger partial charge >= 0.3 is 0 Å². The molecule has 2 aromatic rings. The lowest BCUT2D eigenvalue weighted by Crippen LogP contribution is -2.61. The first kappa shape index (κ1) is 22.9. The predicted molar refractivity (Wildman–Crippen MR) is 108 cm³/mol. The number of aliphatic hydroxyl groups is 4. The Bertz CT molecular complexity index is 861. The van der Waals surface area contributed by atoms with Crippen LogP contribution in [0.15, 0.2) is 42.5 Å². The minimum atomic E-state index is -3.64. The van der Waals surface area contributed by atoms with Crippen molar-refractivity contribution < 1.29 is 33.9 Å². The second-order valence-electron chi connectivity index (χ2n) is 7.52.